The Morgan fingerprint density at radius 3 is 2.89 bits per heavy atom. The highest BCUT2D eigenvalue weighted by atomic mass is 32.2. The highest BCUT2D eigenvalue weighted by Gasteiger charge is 2.25. The quantitative estimate of drug-likeness (QED) is 0.553. The van der Waals surface area contributed by atoms with Crippen molar-refractivity contribution in [2.75, 3.05) is 20.6 Å². The second-order valence-electron chi connectivity index (χ2n) is 7.43. The van der Waals surface area contributed by atoms with Crippen molar-refractivity contribution in [2.45, 2.75) is 36.0 Å². The van der Waals surface area contributed by atoms with Gasteiger partial charge in [0.05, 0.1) is 0 Å². The first-order chi connectivity index (χ1) is 13.5. The molecule has 2 aromatic carbocycles. The molecule has 148 valence electrons. The lowest BCUT2D eigenvalue weighted by Gasteiger charge is -2.14. The summed E-state index contributed by atoms with van der Waals surface area (Å²) < 4.78 is 29.5. The van der Waals surface area contributed by atoms with Gasteiger partial charge in [-0.3, -0.25) is 0 Å². The van der Waals surface area contributed by atoms with Crippen LogP contribution in [0.2, 0.25) is 0 Å². The van der Waals surface area contributed by atoms with E-state index in [0.29, 0.717) is 5.25 Å². The zero-order valence-electron chi connectivity index (χ0n) is 16.0. The molecule has 6 heteroatoms. The van der Waals surface area contributed by atoms with Crippen LogP contribution in [0.5, 0.6) is 5.75 Å². The molecule has 28 heavy (non-hydrogen) atoms. The lowest BCUT2D eigenvalue weighted by atomic mass is 10.1. The fourth-order valence-corrected chi connectivity index (χ4v) is 5.28. The molecule has 0 saturated carbocycles. The average molecular weight is 403 g/mol. The van der Waals surface area contributed by atoms with Gasteiger partial charge >= 0.3 is 6.61 Å². The summed E-state index contributed by atoms with van der Waals surface area (Å²) in [6, 6.07) is 11.8. The van der Waals surface area contributed by atoms with Crippen molar-refractivity contribution in [3.05, 3.63) is 59.3 Å². The first-order valence-corrected chi connectivity index (χ1v) is 10.4. The minimum Gasteiger partial charge on any atom is -0.435 e. The molecular weight excluding hydrogens is 378 g/mol. The van der Waals surface area contributed by atoms with Gasteiger partial charge in [-0.2, -0.15) is 8.78 Å². The van der Waals surface area contributed by atoms with Gasteiger partial charge in [-0.1, -0.05) is 12.1 Å². The molecule has 1 aromatic heterocycles. The van der Waals surface area contributed by atoms with Gasteiger partial charge < -0.3 is 14.6 Å². The van der Waals surface area contributed by atoms with Gasteiger partial charge in [-0.25, -0.2) is 0 Å². The van der Waals surface area contributed by atoms with Crippen molar-refractivity contribution < 1.29 is 13.5 Å². The van der Waals surface area contributed by atoms with Gasteiger partial charge in [0.1, 0.15) is 5.75 Å². The Hall–Kier alpha value is -2.05. The Kier molecular flexibility index (Phi) is 5.60. The summed E-state index contributed by atoms with van der Waals surface area (Å²) >= 11 is 1.87. The molecule has 0 amide bonds. The number of aromatic nitrogens is 1. The van der Waals surface area contributed by atoms with Crippen molar-refractivity contribution in [3.8, 4) is 5.75 Å². The number of alkyl halides is 2. The number of aromatic amines is 1. The molecule has 0 fully saturated rings. The van der Waals surface area contributed by atoms with Gasteiger partial charge in [0.15, 0.2) is 0 Å². The summed E-state index contributed by atoms with van der Waals surface area (Å²) in [5.74, 6) is 0.248. The Morgan fingerprint density at radius 2 is 2.11 bits per heavy atom. The third-order valence-electron chi connectivity index (χ3n) is 5.21. The lowest BCUT2D eigenvalue weighted by Crippen LogP contribution is -2.14. The Morgan fingerprint density at radius 1 is 1.25 bits per heavy atom. The minimum atomic E-state index is -2.78. The second-order valence-corrected chi connectivity index (χ2v) is 8.67. The van der Waals surface area contributed by atoms with Crippen LogP contribution in [-0.2, 0) is 12.8 Å². The zero-order valence-corrected chi connectivity index (χ0v) is 16.9. The fourth-order valence-electron chi connectivity index (χ4n) is 3.87. The average Bonchev–Trinajstić information content (AvgIpc) is 3.24. The van der Waals surface area contributed by atoms with Gasteiger partial charge in [-0.15, -0.1) is 11.8 Å². The molecule has 0 spiro atoms. The van der Waals surface area contributed by atoms with Gasteiger partial charge in [0.25, 0.3) is 0 Å². The number of benzene rings is 2. The molecule has 0 bridgehead atoms. The number of H-pyrrole nitrogens is 1. The molecule has 4 rings (SSSR count). The molecule has 0 saturated heterocycles. The first-order valence-electron chi connectivity index (χ1n) is 9.49. The van der Waals surface area contributed by atoms with E-state index in [0.717, 1.165) is 36.9 Å². The maximum absolute atomic E-state index is 12.5. The van der Waals surface area contributed by atoms with Crippen LogP contribution in [0.3, 0.4) is 0 Å². The fraction of sp³-hybridized carbons (Fsp3) is 0.364. The van der Waals surface area contributed by atoms with Crippen LogP contribution in [0, 0.1) is 0 Å². The highest BCUT2D eigenvalue weighted by Crippen LogP contribution is 2.47. The number of ether oxygens (including phenoxy) is 1. The van der Waals surface area contributed by atoms with Gasteiger partial charge in [-0.05, 0) is 74.3 Å². The smallest absolute Gasteiger partial charge is 0.387 e. The van der Waals surface area contributed by atoms with E-state index in [9.17, 15) is 8.78 Å². The van der Waals surface area contributed by atoms with Crippen LogP contribution in [-0.4, -0.2) is 37.1 Å². The third kappa shape index (κ3) is 4.03. The van der Waals surface area contributed by atoms with Crippen LogP contribution < -0.4 is 4.74 Å². The molecule has 1 unspecified atom stereocenters. The van der Waals surface area contributed by atoms with E-state index in [1.54, 1.807) is 12.1 Å². The molecule has 1 heterocycles. The van der Waals surface area contributed by atoms with Crippen molar-refractivity contribution in [2.24, 2.45) is 0 Å². The summed E-state index contributed by atoms with van der Waals surface area (Å²) in [5.41, 5.74) is 4.85. The SMILES string of the molecule is CN(C)CCc1c[nH]c2cccc(SC3CCc4cc(OC(F)F)ccc43)c12. The van der Waals surface area contributed by atoms with Crippen molar-refractivity contribution in [1.29, 1.82) is 0 Å². The number of likely N-dealkylation sites (N-methyl/N-ethyl adjacent to an activating group) is 1. The molecule has 0 aliphatic heterocycles. The number of hydrogen-bond donors (Lipinski definition) is 1. The zero-order chi connectivity index (χ0) is 19.7. The van der Waals surface area contributed by atoms with E-state index in [1.165, 1.54) is 21.4 Å². The van der Waals surface area contributed by atoms with E-state index in [4.69, 9.17) is 0 Å². The van der Waals surface area contributed by atoms with E-state index in [1.807, 2.05) is 17.8 Å². The molecule has 1 atom stereocenters. The van der Waals surface area contributed by atoms with Gasteiger partial charge in [0, 0.05) is 33.8 Å². The topological polar surface area (TPSA) is 28.3 Å². The summed E-state index contributed by atoms with van der Waals surface area (Å²) in [5, 5.41) is 1.64. The summed E-state index contributed by atoms with van der Waals surface area (Å²) in [7, 11) is 4.18. The summed E-state index contributed by atoms with van der Waals surface area (Å²) in [6.45, 7) is -1.78. The first kappa shape index (κ1) is 19.3. The number of halogens is 2. The van der Waals surface area contributed by atoms with E-state index >= 15 is 0 Å². The molecule has 3 aromatic rings. The van der Waals surface area contributed by atoms with Crippen molar-refractivity contribution in [3.63, 3.8) is 0 Å². The van der Waals surface area contributed by atoms with Crippen LogP contribution in [0.1, 0.15) is 28.4 Å². The van der Waals surface area contributed by atoms with Crippen LogP contribution in [0.4, 0.5) is 8.78 Å². The lowest BCUT2D eigenvalue weighted by molar-refractivity contribution is -0.0498. The van der Waals surface area contributed by atoms with Gasteiger partial charge in [0.2, 0.25) is 0 Å². The maximum atomic E-state index is 12.5. The van der Waals surface area contributed by atoms with Crippen LogP contribution in [0.15, 0.2) is 47.5 Å². The van der Waals surface area contributed by atoms with Crippen molar-refractivity contribution >= 4 is 22.7 Å². The largest absolute Gasteiger partial charge is 0.435 e. The molecule has 1 aliphatic carbocycles. The number of thioether (sulfide) groups is 1. The van der Waals surface area contributed by atoms with E-state index < -0.39 is 6.61 Å². The number of aryl methyl sites for hydroxylation is 1. The number of fused-ring (bicyclic) bond motifs is 2. The number of hydrogen-bond acceptors (Lipinski definition) is 3. The monoisotopic (exact) mass is 402 g/mol. The normalized spacial score (nSPS) is 16.3. The number of rotatable bonds is 7. The van der Waals surface area contributed by atoms with Crippen LogP contribution in [0.25, 0.3) is 10.9 Å². The Labute approximate surface area is 168 Å². The molecule has 3 nitrogen and oxygen atoms in total. The maximum Gasteiger partial charge on any atom is 0.387 e. The molecular formula is C22H24F2N2OS. The molecule has 1 aliphatic rings. The molecule has 0 radical (unpaired) electrons. The Bertz CT molecular complexity index is 970. The summed E-state index contributed by atoms with van der Waals surface area (Å²) in [4.78, 5) is 6.87. The van der Waals surface area contributed by atoms with Crippen LogP contribution >= 0.6 is 11.8 Å². The van der Waals surface area contributed by atoms with E-state index in [-0.39, 0.29) is 5.75 Å². The minimum absolute atomic E-state index is 0.248. The highest BCUT2D eigenvalue weighted by molar-refractivity contribution is 7.99. The van der Waals surface area contributed by atoms with E-state index in [2.05, 4.69) is 53.1 Å². The third-order valence-corrected chi connectivity index (χ3v) is 6.58. The standard InChI is InChI=1S/C22H24F2N2OS/c1-26(2)11-10-15-13-25-18-4-3-5-20(21(15)18)28-19-9-6-14-12-16(27-22(23)24)7-8-17(14)19/h3-5,7-8,12-13,19,22,25H,6,9-11H2,1-2H3. The predicted molar refractivity (Wildman–Crippen MR) is 111 cm³/mol. The Balaban J connectivity index is 1.59. The second kappa shape index (κ2) is 8.13. The predicted octanol–water partition coefficient (Wildman–Crippen LogP) is 5.65. The number of nitrogens with zero attached hydrogens (tertiary/aromatic N) is 1. The molecule has 1 N–H and O–H groups in total. The van der Waals surface area contributed by atoms with Crippen molar-refractivity contribution in [1.82, 2.24) is 9.88 Å². The number of nitrogens with one attached hydrogen (secondary N) is 1. The summed E-state index contributed by atoms with van der Waals surface area (Å²) in [6.07, 6.45) is 5.02.